The molecule has 0 aliphatic carbocycles. The molecule has 0 bridgehead atoms. The van der Waals surface area contributed by atoms with Crippen molar-refractivity contribution in [2.45, 2.75) is 20.1 Å². The molecule has 1 aliphatic heterocycles. The molecule has 1 fully saturated rings. The van der Waals surface area contributed by atoms with E-state index in [0.717, 1.165) is 21.9 Å². The van der Waals surface area contributed by atoms with Gasteiger partial charge in [0.05, 0.1) is 30.6 Å². The molecule has 5 nitrogen and oxygen atoms in total. The molecular weight excluding hydrogens is 326 g/mol. The van der Waals surface area contributed by atoms with Crippen molar-refractivity contribution in [1.29, 1.82) is 0 Å². The lowest BCUT2D eigenvalue weighted by Crippen LogP contribution is -2.45. The summed E-state index contributed by atoms with van der Waals surface area (Å²) in [5.41, 5.74) is 0.989. The van der Waals surface area contributed by atoms with Gasteiger partial charge in [0, 0.05) is 5.69 Å². The van der Waals surface area contributed by atoms with Crippen molar-refractivity contribution < 1.29 is 19.0 Å². The van der Waals surface area contributed by atoms with Gasteiger partial charge in [-0.25, -0.2) is 0 Å². The maximum absolute atomic E-state index is 12.7. The quantitative estimate of drug-likeness (QED) is 0.915. The van der Waals surface area contributed by atoms with Gasteiger partial charge in [-0.3, -0.25) is 4.79 Å². The van der Waals surface area contributed by atoms with Gasteiger partial charge in [-0.2, -0.15) is 0 Å². The Morgan fingerprint density at radius 2 is 2.08 bits per heavy atom. The van der Waals surface area contributed by atoms with Gasteiger partial charge in [0.25, 0.3) is 0 Å². The molecule has 2 aromatic rings. The van der Waals surface area contributed by atoms with E-state index in [0.29, 0.717) is 13.2 Å². The Balaban J connectivity index is 1.65. The maximum Gasteiger partial charge on any atom is 0.235 e. The Labute approximate surface area is 145 Å². The van der Waals surface area contributed by atoms with Gasteiger partial charge in [0.1, 0.15) is 5.75 Å². The molecule has 1 amide bonds. The molecule has 0 saturated carbocycles. The fraction of sp³-hybridized carbons (Fsp3) is 0.389. The Bertz CT molecular complexity index is 706. The zero-order valence-electron chi connectivity index (χ0n) is 14.0. The Morgan fingerprint density at radius 3 is 2.67 bits per heavy atom. The number of methoxy groups -OCH3 is 1. The zero-order chi connectivity index (χ0) is 17.2. The molecule has 24 heavy (non-hydrogen) atoms. The molecule has 1 saturated heterocycles. The highest BCUT2D eigenvalue weighted by molar-refractivity contribution is 7.10. The van der Waals surface area contributed by atoms with E-state index in [-0.39, 0.29) is 12.2 Å². The number of anilines is 1. The molecule has 1 N–H and O–H groups in total. The van der Waals surface area contributed by atoms with Crippen molar-refractivity contribution >= 4 is 22.9 Å². The maximum atomic E-state index is 12.7. The summed E-state index contributed by atoms with van der Waals surface area (Å²) in [6, 6.07) is 9.48. The molecule has 128 valence electrons. The normalized spacial score (nSPS) is 23.7. The van der Waals surface area contributed by atoms with Gasteiger partial charge in [-0.15, -0.1) is 11.3 Å². The van der Waals surface area contributed by atoms with Crippen LogP contribution in [0.25, 0.3) is 0 Å². The molecule has 6 heteroatoms. The van der Waals surface area contributed by atoms with E-state index < -0.39 is 5.41 Å². The van der Waals surface area contributed by atoms with E-state index in [9.17, 15) is 4.79 Å². The fourth-order valence-electron chi connectivity index (χ4n) is 2.51. The molecular formula is C18H21NO4S. The summed E-state index contributed by atoms with van der Waals surface area (Å²) in [6.07, 6.45) is -0.381. The molecule has 0 radical (unpaired) electrons. The Morgan fingerprint density at radius 1 is 1.33 bits per heavy atom. The standard InChI is InChI=1S/C18H21NO4S/c1-12-9-13(21-3)6-7-14(12)19-17(20)18(2)10-22-16(23-11-18)15-5-4-8-24-15/h4-9,16H,10-11H2,1-3H3,(H,19,20). The summed E-state index contributed by atoms with van der Waals surface area (Å²) in [5, 5.41) is 4.95. The van der Waals surface area contributed by atoms with Crippen LogP contribution >= 0.6 is 11.3 Å². The second-order valence-electron chi connectivity index (χ2n) is 6.16. The fourth-order valence-corrected chi connectivity index (χ4v) is 3.22. The average Bonchev–Trinajstić information content (AvgIpc) is 3.11. The number of rotatable bonds is 4. The summed E-state index contributed by atoms with van der Waals surface area (Å²) < 4.78 is 16.7. The molecule has 0 spiro atoms. The molecule has 1 aromatic heterocycles. The summed E-state index contributed by atoms with van der Waals surface area (Å²) in [6.45, 7) is 4.42. The number of benzene rings is 1. The molecule has 1 aliphatic rings. The minimum atomic E-state index is -0.722. The predicted octanol–water partition coefficient (Wildman–Crippen LogP) is 3.76. The van der Waals surface area contributed by atoms with Gasteiger partial charge in [0.2, 0.25) is 5.91 Å². The first-order chi connectivity index (χ1) is 11.5. The first kappa shape index (κ1) is 17.0. The van der Waals surface area contributed by atoms with E-state index in [1.54, 1.807) is 18.4 Å². The number of hydrogen-bond acceptors (Lipinski definition) is 5. The van der Waals surface area contributed by atoms with E-state index >= 15 is 0 Å². The third kappa shape index (κ3) is 3.45. The van der Waals surface area contributed by atoms with Gasteiger partial charge >= 0.3 is 0 Å². The number of hydrogen-bond donors (Lipinski definition) is 1. The first-order valence-electron chi connectivity index (χ1n) is 7.74. The number of aryl methyl sites for hydroxylation is 1. The second kappa shape index (κ2) is 6.93. The van der Waals surface area contributed by atoms with Gasteiger partial charge in [0.15, 0.2) is 6.29 Å². The number of thiophene rings is 1. The van der Waals surface area contributed by atoms with Crippen LogP contribution in [0.1, 0.15) is 23.7 Å². The second-order valence-corrected chi connectivity index (χ2v) is 7.14. The monoisotopic (exact) mass is 347 g/mol. The van der Waals surface area contributed by atoms with Crippen LogP contribution in [-0.4, -0.2) is 26.2 Å². The van der Waals surface area contributed by atoms with Crippen LogP contribution in [-0.2, 0) is 14.3 Å². The lowest BCUT2D eigenvalue weighted by Gasteiger charge is -2.35. The third-order valence-corrected chi connectivity index (χ3v) is 5.01. The van der Waals surface area contributed by atoms with Crippen LogP contribution in [0.15, 0.2) is 35.7 Å². The molecule has 3 rings (SSSR count). The Hall–Kier alpha value is -1.89. The predicted molar refractivity (Wildman–Crippen MR) is 93.4 cm³/mol. The van der Waals surface area contributed by atoms with Crippen LogP contribution in [0.5, 0.6) is 5.75 Å². The zero-order valence-corrected chi connectivity index (χ0v) is 14.8. The van der Waals surface area contributed by atoms with Gasteiger partial charge < -0.3 is 19.5 Å². The van der Waals surface area contributed by atoms with Crippen molar-refractivity contribution in [3.05, 3.63) is 46.2 Å². The van der Waals surface area contributed by atoms with E-state index in [4.69, 9.17) is 14.2 Å². The van der Waals surface area contributed by atoms with Crippen molar-refractivity contribution in [1.82, 2.24) is 0 Å². The Kier molecular flexibility index (Phi) is 4.89. The number of amides is 1. The van der Waals surface area contributed by atoms with Crippen molar-refractivity contribution in [2.24, 2.45) is 5.41 Å². The number of carbonyl (C=O) groups is 1. The van der Waals surface area contributed by atoms with E-state index in [2.05, 4.69) is 5.32 Å². The van der Waals surface area contributed by atoms with E-state index in [1.807, 2.05) is 49.6 Å². The molecule has 1 aromatic carbocycles. The topological polar surface area (TPSA) is 56.8 Å². The molecule has 0 unspecified atom stereocenters. The van der Waals surface area contributed by atoms with Crippen molar-refractivity contribution in [3.8, 4) is 5.75 Å². The SMILES string of the molecule is COc1ccc(NC(=O)C2(C)COC(c3cccs3)OC2)c(C)c1. The third-order valence-electron chi connectivity index (χ3n) is 4.11. The van der Waals surface area contributed by atoms with Crippen molar-refractivity contribution in [3.63, 3.8) is 0 Å². The highest BCUT2D eigenvalue weighted by atomic mass is 32.1. The van der Waals surface area contributed by atoms with E-state index in [1.165, 1.54) is 0 Å². The van der Waals surface area contributed by atoms with Crippen LogP contribution in [0.4, 0.5) is 5.69 Å². The van der Waals surface area contributed by atoms with Crippen molar-refractivity contribution in [2.75, 3.05) is 25.6 Å². The summed E-state index contributed by atoms with van der Waals surface area (Å²) in [7, 11) is 1.62. The smallest absolute Gasteiger partial charge is 0.235 e. The van der Waals surface area contributed by atoms with Crippen LogP contribution in [0.3, 0.4) is 0 Å². The first-order valence-corrected chi connectivity index (χ1v) is 8.62. The number of nitrogens with one attached hydrogen (secondary N) is 1. The number of carbonyl (C=O) groups excluding carboxylic acids is 1. The van der Waals surface area contributed by atoms with Gasteiger partial charge in [-0.1, -0.05) is 6.07 Å². The highest BCUT2D eigenvalue weighted by Gasteiger charge is 2.40. The highest BCUT2D eigenvalue weighted by Crippen LogP contribution is 2.34. The summed E-state index contributed by atoms with van der Waals surface area (Å²) >= 11 is 1.58. The average molecular weight is 347 g/mol. The molecule has 2 heterocycles. The van der Waals surface area contributed by atoms with Gasteiger partial charge in [-0.05, 0) is 49.1 Å². The number of ether oxygens (including phenoxy) is 3. The van der Waals surface area contributed by atoms with Crippen LogP contribution in [0, 0.1) is 12.3 Å². The minimum absolute atomic E-state index is 0.111. The lowest BCUT2D eigenvalue weighted by molar-refractivity contribution is -0.225. The summed E-state index contributed by atoms with van der Waals surface area (Å²) in [5.74, 6) is 0.653. The minimum Gasteiger partial charge on any atom is -0.497 e. The molecule has 0 atom stereocenters. The summed E-state index contributed by atoms with van der Waals surface area (Å²) in [4.78, 5) is 13.7. The van der Waals surface area contributed by atoms with Crippen LogP contribution < -0.4 is 10.1 Å². The lowest BCUT2D eigenvalue weighted by atomic mass is 9.90. The largest absolute Gasteiger partial charge is 0.497 e. The van der Waals surface area contributed by atoms with Crippen LogP contribution in [0.2, 0.25) is 0 Å².